The minimum absolute atomic E-state index is 0.0393. The zero-order valence-electron chi connectivity index (χ0n) is 9.54. The molecule has 15 heavy (non-hydrogen) atoms. The van der Waals surface area contributed by atoms with Gasteiger partial charge < -0.3 is 19.5 Å². The molecule has 1 amide bonds. The molecule has 1 rings (SSSR count). The number of carbonyl (C=O) groups is 1. The Bertz CT molecular complexity index is 221. The summed E-state index contributed by atoms with van der Waals surface area (Å²) in [7, 11) is 3.23. The lowest BCUT2D eigenvalue weighted by molar-refractivity contribution is -0.257. The lowest BCUT2D eigenvalue weighted by Crippen LogP contribution is -2.36. The number of ether oxygens (including phenoxy) is 3. The molecule has 0 bridgehead atoms. The molecule has 1 saturated heterocycles. The first-order chi connectivity index (χ1) is 7.12. The molecule has 1 N–H and O–H groups in total. The SMILES string of the molecule is CO[C@H]1CC[C@](CCNC(C)=O)(OC)O1. The summed E-state index contributed by atoms with van der Waals surface area (Å²) in [6.45, 7) is 2.05. The highest BCUT2D eigenvalue weighted by atomic mass is 16.8. The van der Waals surface area contributed by atoms with E-state index < -0.39 is 5.79 Å². The van der Waals surface area contributed by atoms with E-state index >= 15 is 0 Å². The first kappa shape index (κ1) is 12.4. The average Bonchev–Trinajstić information content (AvgIpc) is 2.62. The third-order valence-corrected chi connectivity index (χ3v) is 2.62. The monoisotopic (exact) mass is 217 g/mol. The fourth-order valence-corrected chi connectivity index (χ4v) is 1.73. The Morgan fingerprint density at radius 2 is 2.33 bits per heavy atom. The van der Waals surface area contributed by atoms with Crippen LogP contribution in [0.1, 0.15) is 26.2 Å². The van der Waals surface area contributed by atoms with Gasteiger partial charge in [0, 0.05) is 47.0 Å². The van der Waals surface area contributed by atoms with Crippen LogP contribution in [0.5, 0.6) is 0 Å². The molecular weight excluding hydrogens is 198 g/mol. The second-order valence-corrected chi connectivity index (χ2v) is 3.67. The molecular formula is C10H19NO4. The summed E-state index contributed by atoms with van der Waals surface area (Å²) in [6, 6.07) is 0. The number of methoxy groups -OCH3 is 2. The van der Waals surface area contributed by atoms with Crippen LogP contribution in [0.3, 0.4) is 0 Å². The van der Waals surface area contributed by atoms with Crippen molar-refractivity contribution in [1.82, 2.24) is 5.32 Å². The maximum absolute atomic E-state index is 10.7. The Balaban J connectivity index is 2.37. The van der Waals surface area contributed by atoms with Crippen LogP contribution >= 0.6 is 0 Å². The van der Waals surface area contributed by atoms with Crippen LogP contribution in [0, 0.1) is 0 Å². The number of amides is 1. The highest BCUT2D eigenvalue weighted by Crippen LogP contribution is 2.33. The summed E-state index contributed by atoms with van der Waals surface area (Å²) in [5, 5.41) is 2.72. The first-order valence-electron chi connectivity index (χ1n) is 5.12. The minimum Gasteiger partial charge on any atom is -0.356 e. The lowest BCUT2D eigenvalue weighted by Gasteiger charge is -2.27. The molecule has 1 heterocycles. The molecule has 0 saturated carbocycles. The number of rotatable bonds is 5. The van der Waals surface area contributed by atoms with E-state index in [9.17, 15) is 4.79 Å². The van der Waals surface area contributed by atoms with Crippen LogP contribution in [-0.4, -0.2) is 38.7 Å². The molecule has 2 atom stereocenters. The van der Waals surface area contributed by atoms with Crippen molar-refractivity contribution in [1.29, 1.82) is 0 Å². The topological polar surface area (TPSA) is 56.8 Å². The van der Waals surface area contributed by atoms with Crippen LogP contribution in [-0.2, 0) is 19.0 Å². The van der Waals surface area contributed by atoms with Gasteiger partial charge in [-0.25, -0.2) is 0 Å². The zero-order valence-corrected chi connectivity index (χ0v) is 9.54. The molecule has 0 aromatic heterocycles. The van der Waals surface area contributed by atoms with Gasteiger partial charge in [-0.2, -0.15) is 0 Å². The normalized spacial score (nSPS) is 30.5. The summed E-state index contributed by atoms with van der Waals surface area (Å²) >= 11 is 0. The fourth-order valence-electron chi connectivity index (χ4n) is 1.73. The molecule has 0 radical (unpaired) electrons. The third-order valence-electron chi connectivity index (χ3n) is 2.62. The molecule has 0 aromatic rings. The summed E-state index contributed by atoms with van der Waals surface area (Å²) < 4.78 is 16.1. The minimum atomic E-state index is -0.594. The highest BCUT2D eigenvalue weighted by Gasteiger charge is 2.40. The molecule has 1 aliphatic rings. The van der Waals surface area contributed by atoms with Crippen molar-refractivity contribution in [3.63, 3.8) is 0 Å². The lowest BCUT2D eigenvalue weighted by atomic mass is 10.1. The maximum Gasteiger partial charge on any atom is 0.216 e. The molecule has 1 fully saturated rings. The van der Waals surface area contributed by atoms with Gasteiger partial charge in [0.25, 0.3) is 0 Å². The number of hydrogen-bond donors (Lipinski definition) is 1. The molecule has 0 unspecified atom stereocenters. The number of carbonyl (C=O) groups excluding carboxylic acids is 1. The second-order valence-electron chi connectivity index (χ2n) is 3.67. The molecule has 1 aliphatic heterocycles. The molecule has 5 heteroatoms. The summed E-state index contributed by atoms with van der Waals surface area (Å²) in [6.07, 6.45) is 2.07. The van der Waals surface area contributed by atoms with Crippen LogP contribution in [0.15, 0.2) is 0 Å². The van der Waals surface area contributed by atoms with E-state index in [4.69, 9.17) is 14.2 Å². The van der Waals surface area contributed by atoms with Gasteiger partial charge in [-0.1, -0.05) is 0 Å². The average molecular weight is 217 g/mol. The van der Waals surface area contributed by atoms with Crippen LogP contribution in [0.2, 0.25) is 0 Å². The van der Waals surface area contributed by atoms with Crippen LogP contribution < -0.4 is 5.32 Å². The van der Waals surface area contributed by atoms with E-state index in [0.717, 1.165) is 12.8 Å². The quantitative estimate of drug-likeness (QED) is 0.734. The largest absolute Gasteiger partial charge is 0.356 e. The Morgan fingerprint density at radius 1 is 1.60 bits per heavy atom. The van der Waals surface area contributed by atoms with Gasteiger partial charge in [0.15, 0.2) is 12.1 Å². The van der Waals surface area contributed by atoms with Crippen molar-refractivity contribution in [2.75, 3.05) is 20.8 Å². The van der Waals surface area contributed by atoms with Gasteiger partial charge in [-0.3, -0.25) is 4.79 Å². The van der Waals surface area contributed by atoms with Crippen LogP contribution in [0.25, 0.3) is 0 Å². The second kappa shape index (κ2) is 5.44. The predicted octanol–water partition coefficient (Wildman–Crippen LogP) is 0.638. The Kier molecular flexibility index (Phi) is 4.50. The van der Waals surface area contributed by atoms with Gasteiger partial charge in [-0.15, -0.1) is 0 Å². The smallest absolute Gasteiger partial charge is 0.216 e. The van der Waals surface area contributed by atoms with Gasteiger partial charge in [-0.05, 0) is 0 Å². The van der Waals surface area contributed by atoms with E-state index in [1.807, 2.05) is 0 Å². The number of nitrogens with one attached hydrogen (secondary N) is 1. The Morgan fingerprint density at radius 3 is 2.80 bits per heavy atom. The van der Waals surface area contributed by atoms with Crippen molar-refractivity contribution in [2.24, 2.45) is 0 Å². The van der Waals surface area contributed by atoms with Gasteiger partial charge in [0.05, 0.1) is 0 Å². The van der Waals surface area contributed by atoms with Crippen molar-refractivity contribution >= 4 is 5.91 Å². The van der Waals surface area contributed by atoms with E-state index in [2.05, 4.69) is 5.32 Å². The van der Waals surface area contributed by atoms with Crippen LogP contribution in [0.4, 0.5) is 0 Å². The predicted molar refractivity (Wildman–Crippen MR) is 54.2 cm³/mol. The molecule has 5 nitrogen and oxygen atoms in total. The first-order valence-corrected chi connectivity index (χ1v) is 5.12. The molecule has 0 aliphatic carbocycles. The van der Waals surface area contributed by atoms with Crippen molar-refractivity contribution in [2.45, 2.75) is 38.3 Å². The summed E-state index contributed by atoms with van der Waals surface area (Å²) in [5.74, 6) is -0.633. The highest BCUT2D eigenvalue weighted by molar-refractivity contribution is 5.72. The van der Waals surface area contributed by atoms with Gasteiger partial charge >= 0.3 is 0 Å². The van der Waals surface area contributed by atoms with Gasteiger partial charge in [0.1, 0.15) is 0 Å². The third kappa shape index (κ3) is 3.44. The van der Waals surface area contributed by atoms with Gasteiger partial charge in [0.2, 0.25) is 5.91 Å². The van der Waals surface area contributed by atoms with E-state index in [-0.39, 0.29) is 12.2 Å². The van der Waals surface area contributed by atoms with Crippen molar-refractivity contribution < 1.29 is 19.0 Å². The van der Waals surface area contributed by atoms with E-state index in [0.29, 0.717) is 13.0 Å². The van der Waals surface area contributed by atoms with Crippen molar-refractivity contribution in [3.05, 3.63) is 0 Å². The molecule has 88 valence electrons. The summed E-state index contributed by atoms with van der Waals surface area (Å²) in [4.78, 5) is 10.7. The fraction of sp³-hybridized carbons (Fsp3) is 0.900. The maximum atomic E-state index is 10.7. The Hall–Kier alpha value is -0.650. The molecule has 0 spiro atoms. The molecule has 0 aromatic carbocycles. The van der Waals surface area contributed by atoms with E-state index in [1.165, 1.54) is 6.92 Å². The standard InChI is InChI=1S/C10H19NO4/c1-8(12)11-7-6-10(14-3)5-4-9(13-2)15-10/h9H,4-7H2,1-3H3,(H,11,12)/t9-,10+/m1/s1. The Labute approximate surface area is 90.1 Å². The van der Waals surface area contributed by atoms with Crippen molar-refractivity contribution in [3.8, 4) is 0 Å². The number of hydrogen-bond acceptors (Lipinski definition) is 4. The van der Waals surface area contributed by atoms with E-state index in [1.54, 1.807) is 14.2 Å². The summed E-state index contributed by atoms with van der Waals surface area (Å²) in [5.41, 5.74) is 0. The zero-order chi connectivity index (χ0) is 11.3.